The highest BCUT2D eigenvalue weighted by atomic mass is 79.9. The van der Waals surface area contributed by atoms with Gasteiger partial charge >= 0.3 is 6.18 Å². The molecule has 2 rings (SSSR count). The number of anilines is 1. The molecule has 1 atom stereocenters. The van der Waals surface area contributed by atoms with Crippen molar-refractivity contribution in [2.45, 2.75) is 30.8 Å². The van der Waals surface area contributed by atoms with E-state index in [1.54, 1.807) is 0 Å². The zero-order chi connectivity index (χ0) is 13.3. The molecule has 1 aliphatic rings. The van der Waals surface area contributed by atoms with Gasteiger partial charge in [0.2, 0.25) is 11.0 Å². The van der Waals surface area contributed by atoms with Gasteiger partial charge < -0.3 is 4.90 Å². The molecule has 0 saturated carbocycles. The predicted molar refractivity (Wildman–Crippen MR) is 68.2 cm³/mol. The van der Waals surface area contributed by atoms with Gasteiger partial charge in [0.15, 0.2) is 0 Å². The van der Waals surface area contributed by atoms with E-state index in [4.69, 9.17) is 0 Å². The van der Waals surface area contributed by atoms with E-state index in [1.807, 2.05) is 4.90 Å². The summed E-state index contributed by atoms with van der Waals surface area (Å²) in [5.74, 6) is -0.449. The van der Waals surface area contributed by atoms with Crippen LogP contribution in [0.4, 0.5) is 18.3 Å². The summed E-state index contributed by atoms with van der Waals surface area (Å²) in [6.45, 7) is 3.59. The molecule has 1 fully saturated rings. The number of alkyl halides is 4. The number of nitrogens with zero attached hydrogens (tertiary/aromatic N) is 3. The number of aromatic nitrogens is 2. The summed E-state index contributed by atoms with van der Waals surface area (Å²) in [5.41, 5.74) is 0. The van der Waals surface area contributed by atoms with Gasteiger partial charge in [0.1, 0.15) is 0 Å². The lowest BCUT2D eigenvalue weighted by molar-refractivity contribution is -0.144. The molecule has 102 valence electrons. The highest BCUT2D eigenvalue weighted by Crippen LogP contribution is 2.32. The first-order chi connectivity index (χ1) is 8.38. The predicted octanol–water partition coefficient (Wildman–Crippen LogP) is 3.56. The van der Waals surface area contributed by atoms with E-state index < -0.39 is 12.0 Å². The fourth-order valence-corrected chi connectivity index (χ4v) is 3.28. The topological polar surface area (TPSA) is 29.0 Å². The summed E-state index contributed by atoms with van der Waals surface area (Å²) < 4.78 is 40.6. The van der Waals surface area contributed by atoms with Gasteiger partial charge in [0.25, 0.3) is 0 Å². The van der Waals surface area contributed by atoms with E-state index >= 15 is 0 Å². The first-order valence-electron chi connectivity index (χ1n) is 5.68. The maximum Gasteiger partial charge on any atom is 0.452 e. The van der Waals surface area contributed by atoms with Crippen LogP contribution in [-0.2, 0) is 6.18 Å². The summed E-state index contributed by atoms with van der Waals surface area (Å²) in [5, 5.41) is 0.378. The van der Waals surface area contributed by atoms with E-state index in [2.05, 4.69) is 32.2 Å². The van der Waals surface area contributed by atoms with Crippen LogP contribution in [0.2, 0.25) is 0 Å². The van der Waals surface area contributed by atoms with Crippen LogP contribution in [0.5, 0.6) is 0 Å². The zero-order valence-electron chi connectivity index (χ0n) is 9.74. The van der Waals surface area contributed by atoms with Crippen LogP contribution >= 0.6 is 27.5 Å². The van der Waals surface area contributed by atoms with E-state index in [0.717, 1.165) is 37.5 Å². The first kappa shape index (κ1) is 14.0. The lowest BCUT2D eigenvalue weighted by atomic mass is 9.95. The van der Waals surface area contributed by atoms with Gasteiger partial charge in [-0.3, -0.25) is 0 Å². The third-order valence-corrected chi connectivity index (χ3v) is 4.65. The Morgan fingerprint density at radius 1 is 1.39 bits per heavy atom. The van der Waals surface area contributed by atoms with Crippen molar-refractivity contribution in [1.29, 1.82) is 0 Å². The van der Waals surface area contributed by atoms with Crippen molar-refractivity contribution in [2.24, 2.45) is 5.92 Å². The highest BCUT2D eigenvalue weighted by Gasteiger charge is 2.37. The molecule has 0 radical (unpaired) electrons. The zero-order valence-corrected chi connectivity index (χ0v) is 12.1. The van der Waals surface area contributed by atoms with E-state index in [9.17, 15) is 13.2 Å². The van der Waals surface area contributed by atoms with Gasteiger partial charge in [-0.05, 0) is 18.8 Å². The lowest BCUT2D eigenvalue weighted by Gasteiger charge is -2.32. The number of hydrogen-bond donors (Lipinski definition) is 0. The highest BCUT2D eigenvalue weighted by molar-refractivity contribution is 9.09. The van der Waals surface area contributed by atoms with Gasteiger partial charge in [-0.15, -0.1) is 0 Å². The number of piperidine rings is 1. The van der Waals surface area contributed by atoms with Gasteiger partial charge in [0, 0.05) is 29.4 Å². The van der Waals surface area contributed by atoms with Gasteiger partial charge in [-0.2, -0.15) is 22.5 Å². The molecule has 0 aliphatic carbocycles. The molecular weight excluding hydrogens is 331 g/mol. The second-order valence-electron chi connectivity index (χ2n) is 4.40. The maximum absolute atomic E-state index is 12.4. The number of hydrogen-bond acceptors (Lipinski definition) is 4. The Balaban J connectivity index is 2.00. The van der Waals surface area contributed by atoms with Gasteiger partial charge in [-0.1, -0.05) is 22.9 Å². The Kier molecular flexibility index (Phi) is 4.15. The van der Waals surface area contributed by atoms with Crippen LogP contribution in [-0.4, -0.2) is 27.3 Å². The molecule has 0 bridgehead atoms. The molecule has 1 aromatic heterocycles. The Morgan fingerprint density at radius 2 is 2.00 bits per heavy atom. The molecule has 0 aromatic carbocycles. The second-order valence-corrected chi connectivity index (χ2v) is 6.57. The molecule has 1 unspecified atom stereocenters. The normalized spacial score (nSPS) is 20.2. The molecule has 0 amide bonds. The van der Waals surface area contributed by atoms with E-state index in [0.29, 0.717) is 15.9 Å². The van der Waals surface area contributed by atoms with Crippen molar-refractivity contribution in [3.05, 3.63) is 5.82 Å². The minimum atomic E-state index is -4.45. The second kappa shape index (κ2) is 5.32. The van der Waals surface area contributed by atoms with Crippen LogP contribution in [0.1, 0.15) is 25.6 Å². The van der Waals surface area contributed by atoms with Crippen molar-refractivity contribution in [1.82, 2.24) is 9.36 Å². The minimum Gasteiger partial charge on any atom is -0.347 e. The molecule has 3 nitrogen and oxygen atoms in total. The molecule has 0 N–H and O–H groups in total. The Morgan fingerprint density at radius 3 is 2.44 bits per heavy atom. The molecule has 2 heterocycles. The standard InChI is InChI=1S/C10H13BrF3N3S/c1-6(11)7-2-4-17(5-3-7)9-15-8(16-18-9)10(12,13)14/h6-7H,2-5H2,1H3. The Labute approximate surface area is 116 Å². The van der Waals surface area contributed by atoms with Crippen LogP contribution in [0, 0.1) is 5.92 Å². The number of rotatable bonds is 2. The molecule has 18 heavy (non-hydrogen) atoms. The average molecular weight is 344 g/mol. The first-order valence-corrected chi connectivity index (χ1v) is 7.36. The maximum atomic E-state index is 12.4. The molecule has 1 saturated heterocycles. The molecule has 0 spiro atoms. The quantitative estimate of drug-likeness (QED) is 0.769. The van der Waals surface area contributed by atoms with Crippen molar-refractivity contribution in [3.63, 3.8) is 0 Å². The lowest BCUT2D eigenvalue weighted by Crippen LogP contribution is -2.35. The van der Waals surface area contributed by atoms with E-state index in [1.165, 1.54) is 0 Å². The SMILES string of the molecule is CC(Br)C1CCN(c2nc(C(F)(F)F)ns2)CC1. The fraction of sp³-hybridized carbons (Fsp3) is 0.800. The van der Waals surface area contributed by atoms with E-state index in [-0.39, 0.29) is 0 Å². The summed E-state index contributed by atoms with van der Waals surface area (Å²) in [6, 6.07) is 0. The third kappa shape index (κ3) is 3.14. The van der Waals surface area contributed by atoms with Crippen LogP contribution in [0.15, 0.2) is 0 Å². The smallest absolute Gasteiger partial charge is 0.347 e. The largest absolute Gasteiger partial charge is 0.452 e. The van der Waals surface area contributed by atoms with Crippen molar-refractivity contribution in [3.8, 4) is 0 Å². The fourth-order valence-electron chi connectivity index (χ4n) is 2.01. The molecule has 1 aliphatic heterocycles. The summed E-state index contributed by atoms with van der Waals surface area (Å²) in [7, 11) is 0. The van der Waals surface area contributed by atoms with Gasteiger partial charge in [0.05, 0.1) is 0 Å². The van der Waals surface area contributed by atoms with Crippen molar-refractivity contribution < 1.29 is 13.2 Å². The Hall–Kier alpha value is -0.370. The Bertz CT molecular complexity index is 399. The molecular formula is C10H13BrF3N3S. The van der Waals surface area contributed by atoms with Gasteiger partial charge in [-0.25, -0.2) is 0 Å². The average Bonchev–Trinajstić information content (AvgIpc) is 2.78. The minimum absolute atomic E-state index is 0.378. The summed E-state index contributed by atoms with van der Waals surface area (Å²) in [4.78, 5) is 5.90. The van der Waals surface area contributed by atoms with Crippen LogP contribution in [0.3, 0.4) is 0 Å². The van der Waals surface area contributed by atoms with Crippen LogP contribution < -0.4 is 4.90 Å². The van der Waals surface area contributed by atoms with Crippen molar-refractivity contribution in [2.75, 3.05) is 18.0 Å². The summed E-state index contributed by atoms with van der Waals surface area (Å²) in [6.07, 6.45) is -2.52. The van der Waals surface area contributed by atoms with Crippen molar-refractivity contribution >= 4 is 32.6 Å². The monoisotopic (exact) mass is 343 g/mol. The van der Waals surface area contributed by atoms with Crippen LogP contribution in [0.25, 0.3) is 0 Å². The third-order valence-electron chi connectivity index (χ3n) is 3.13. The number of halogens is 4. The summed E-state index contributed by atoms with van der Waals surface area (Å²) >= 11 is 4.38. The molecule has 1 aromatic rings. The molecule has 8 heteroatoms.